The van der Waals surface area contributed by atoms with E-state index in [2.05, 4.69) is 21.2 Å². The molecule has 0 aliphatic heterocycles. The topological polar surface area (TPSA) is 102 Å². The zero-order valence-electron chi connectivity index (χ0n) is 16.9. The number of ether oxygens (including phenoxy) is 2. The number of nitrogens with one attached hydrogen (secondary N) is 1. The van der Waals surface area contributed by atoms with E-state index in [1.54, 1.807) is 57.2 Å². The fourth-order valence-corrected chi connectivity index (χ4v) is 2.99. The van der Waals surface area contributed by atoms with E-state index >= 15 is 0 Å². The van der Waals surface area contributed by atoms with Gasteiger partial charge in [-0.3, -0.25) is 9.59 Å². The molecule has 0 spiro atoms. The fourth-order valence-electron chi connectivity index (χ4n) is 2.73. The number of hydrogen-bond acceptors (Lipinski definition) is 6. The number of aromatic hydroxyl groups is 1. The van der Waals surface area contributed by atoms with Gasteiger partial charge in [0.1, 0.15) is 11.4 Å². The molecule has 0 bridgehead atoms. The molecule has 7 nitrogen and oxygen atoms in total. The number of ketones is 1. The molecule has 2 aromatic rings. The third kappa shape index (κ3) is 7.18. The minimum absolute atomic E-state index is 0.0822. The number of benzene rings is 2. The van der Waals surface area contributed by atoms with Crippen molar-refractivity contribution in [1.82, 2.24) is 5.32 Å². The second-order valence-corrected chi connectivity index (χ2v) is 8.55. The van der Waals surface area contributed by atoms with E-state index in [0.717, 1.165) is 4.47 Å². The third-order valence-corrected chi connectivity index (χ3v) is 4.56. The summed E-state index contributed by atoms with van der Waals surface area (Å²) in [5, 5.41) is 12.1. The van der Waals surface area contributed by atoms with Crippen LogP contribution in [-0.4, -0.2) is 35.1 Å². The number of carbonyl (C=O) groups excluding carboxylic acids is 3. The highest BCUT2D eigenvalue weighted by Gasteiger charge is 2.32. The van der Waals surface area contributed by atoms with Crippen LogP contribution in [0.15, 0.2) is 53.0 Å². The quantitative estimate of drug-likeness (QED) is 0.555. The molecule has 8 heteroatoms. The maximum absolute atomic E-state index is 13.3. The first-order chi connectivity index (χ1) is 14.1. The zero-order chi connectivity index (χ0) is 22.3. The Morgan fingerprint density at radius 1 is 1.10 bits per heavy atom. The van der Waals surface area contributed by atoms with Crippen LogP contribution in [0, 0.1) is 0 Å². The molecule has 160 valence electrons. The lowest BCUT2D eigenvalue weighted by atomic mass is 9.95. The van der Waals surface area contributed by atoms with Crippen molar-refractivity contribution < 1.29 is 29.0 Å². The van der Waals surface area contributed by atoms with Crippen LogP contribution in [0.5, 0.6) is 5.75 Å². The normalized spacial score (nSPS) is 13.1. The first kappa shape index (κ1) is 23.4. The Hall–Kier alpha value is -2.87. The van der Waals surface area contributed by atoms with Crippen molar-refractivity contribution in [2.24, 2.45) is 0 Å². The predicted molar refractivity (Wildman–Crippen MR) is 114 cm³/mol. The molecule has 2 aromatic carbocycles. The molecule has 0 aliphatic carbocycles. The summed E-state index contributed by atoms with van der Waals surface area (Å²) < 4.78 is 11.2. The van der Waals surface area contributed by atoms with Crippen molar-refractivity contribution in [3.05, 3.63) is 64.1 Å². The van der Waals surface area contributed by atoms with Crippen molar-refractivity contribution in [3.63, 3.8) is 0 Å². The van der Waals surface area contributed by atoms with Crippen LogP contribution >= 0.6 is 15.9 Å². The van der Waals surface area contributed by atoms with Gasteiger partial charge in [0, 0.05) is 16.5 Å². The molecule has 0 aromatic heterocycles. The summed E-state index contributed by atoms with van der Waals surface area (Å²) in [6, 6.07) is 12.0. The lowest BCUT2D eigenvalue weighted by molar-refractivity contribution is -0.145. The molecule has 0 heterocycles. The Morgan fingerprint density at radius 3 is 2.23 bits per heavy atom. The van der Waals surface area contributed by atoms with Gasteiger partial charge in [0.15, 0.2) is 6.10 Å². The van der Waals surface area contributed by atoms with Crippen LogP contribution in [0.4, 0.5) is 4.79 Å². The van der Waals surface area contributed by atoms with E-state index in [-0.39, 0.29) is 18.6 Å². The smallest absolute Gasteiger partial charge is 0.408 e. The van der Waals surface area contributed by atoms with Crippen molar-refractivity contribution in [3.8, 4) is 5.75 Å². The standard InChI is InChI=1S/C22H24BrNO6/c1-22(2,3)30-21(28)24-18(12-14-4-10-17(26)11-5-14)19(27)20(29-13-25)15-6-8-16(23)9-7-15/h4-11,13,18,20,26H,12H2,1-3H3,(H,24,28)/t18-,20?/m0/s1. The lowest BCUT2D eigenvalue weighted by Crippen LogP contribution is -2.46. The molecular weight excluding hydrogens is 454 g/mol. The van der Waals surface area contributed by atoms with Gasteiger partial charge in [0.25, 0.3) is 6.47 Å². The van der Waals surface area contributed by atoms with Crippen LogP contribution in [0.25, 0.3) is 0 Å². The number of phenolic OH excluding ortho intramolecular Hbond substituents is 1. The van der Waals surface area contributed by atoms with Crippen molar-refractivity contribution in [2.45, 2.75) is 44.9 Å². The van der Waals surface area contributed by atoms with Gasteiger partial charge in [-0.2, -0.15) is 0 Å². The summed E-state index contributed by atoms with van der Waals surface area (Å²) in [7, 11) is 0. The number of amides is 1. The van der Waals surface area contributed by atoms with E-state index in [9.17, 15) is 19.5 Å². The van der Waals surface area contributed by atoms with E-state index in [1.165, 1.54) is 12.1 Å². The van der Waals surface area contributed by atoms with E-state index < -0.39 is 29.6 Å². The van der Waals surface area contributed by atoms with Crippen LogP contribution in [0.1, 0.15) is 38.0 Å². The summed E-state index contributed by atoms with van der Waals surface area (Å²) in [6.45, 7) is 5.34. The first-order valence-corrected chi connectivity index (χ1v) is 10.0. The molecule has 0 fully saturated rings. The molecule has 0 aliphatic rings. The number of carbonyl (C=O) groups is 3. The van der Waals surface area contributed by atoms with Crippen molar-refractivity contribution in [2.75, 3.05) is 0 Å². The Kier molecular flexibility index (Phi) is 8.00. The van der Waals surface area contributed by atoms with Gasteiger partial charge in [0.2, 0.25) is 5.78 Å². The maximum Gasteiger partial charge on any atom is 0.408 e. The van der Waals surface area contributed by atoms with Gasteiger partial charge >= 0.3 is 6.09 Å². The third-order valence-electron chi connectivity index (χ3n) is 4.03. The number of Topliss-reactive ketones (excluding diaryl/α,β-unsaturated/α-hetero) is 1. The van der Waals surface area contributed by atoms with Gasteiger partial charge in [-0.1, -0.05) is 40.2 Å². The SMILES string of the molecule is CC(C)(C)OC(=O)N[C@@H](Cc1ccc(O)cc1)C(=O)C(OC=O)c1ccc(Br)cc1. The number of alkyl carbamates (subject to hydrolysis) is 1. The summed E-state index contributed by atoms with van der Waals surface area (Å²) in [5.74, 6) is -0.429. The van der Waals surface area contributed by atoms with Crippen molar-refractivity contribution in [1.29, 1.82) is 0 Å². The largest absolute Gasteiger partial charge is 0.508 e. The Morgan fingerprint density at radius 2 is 1.70 bits per heavy atom. The predicted octanol–water partition coefficient (Wildman–Crippen LogP) is 4.07. The Labute approximate surface area is 183 Å². The van der Waals surface area contributed by atoms with Crippen molar-refractivity contribution >= 4 is 34.3 Å². The second-order valence-electron chi connectivity index (χ2n) is 7.64. The number of rotatable bonds is 8. The van der Waals surface area contributed by atoms with Crippen LogP contribution in [0.2, 0.25) is 0 Å². The molecule has 0 radical (unpaired) electrons. The van der Waals surface area contributed by atoms with Crippen LogP contribution in [-0.2, 0) is 25.5 Å². The average molecular weight is 478 g/mol. The van der Waals surface area contributed by atoms with E-state index in [4.69, 9.17) is 9.47 Å². The zero-order valence-corrected chi connectivity index (χ0v) is 18.5. The molecule has 0 saturated carbocycles. The molecule has 0 saturated heterocycles. The molecular formula is C22H24BrNO6. The van der Waals surface area contributed by atoms with Gasteiger partial charge in [-0.25, -0.2) is 4.79 Å². The Balaban J connectivity index is 2.32. The van der Waals surface area contributed by atoms with Gasteiger partial charge < -0.3 is 19.9 Å². The average Bonchev–Trinajstić information content (AvgIpc) is 2.66. The molecule has 30 heavy (non-hydrogen) atoms. The van der Waals surface area contributed by atoms with Crippen LogP contribution < -0.4 is 5.32 Å². The summed E-state index contributed by atoms with van der Waals surface area (Å²) in [5.41, 5.74) is 0.417. The molecule has 1 unspecified atom stereocenters. The van der Waals surface area contributed by atoms with Crippen LogP contribution in [0.3, 0.4) is 0 Å². The highest BCUT2D eigenvalue weighted by atomic mass is 79.9. The van der Waals surface area contributed by atoms with Gasteiger partial charge in [0.05, 0.1) is 6.04 Å². The fraction of sp³-hybridized carbons (Fsp3) is 0.318. The van der Waals surface area contributed by atoms with Gasteiger partial charge in [-0.15, -0.1) is 0 Å². The summed E-state index contributed by atoms with van der Waals surface area (Å²) in [4.78, 5) is 36.7. The Bertz CT molecular complexity index is 874. The number of hydrogen-bond donors (Lipinski definition) is 2. The highest BCUT2D eigenvalue weighted by molar-refractivity contribution is 9.10. The molecule has 2 N–H and O–H groups in total. The molecule has 1 amide bonds. The van der Waals surface area contributed by atoms with E-state index in [1.807, 2.05) is 0 Å². The molecule has 2 rings (SSSR count). The number of phenols is 1. The highest BCUT2D eigenvalue weighted by Crippen LogP contribution is 2.23. The minimum Gasteiger partial charge on any atom is -0.508 e. The van der Waals surface area contributed by atoms with E-state index in [0.29, 0.717) is 11.1 Å². The molecule has 2 atom stereocenters. The maximum atomic E-state index is 13.3. The lowest BCUT2D eigenvalue weighted by Gasteiger charge is -2.25. The summed E-state index contributed by atoms with van der Waals surface area (Å²) in [6.07, 6.45) is -1.85. The minimum atomic E-state index is -1.20. The first-order valence-electron chi connectivity index (χ1n) is 9.25. The summed E-state index contributed by atoms with van der Waals surface area (Å²) >= 11 is 3.32. The second kappa shape index (κ2) is 10.2. The van der Waals surface area contributed by atoms with Gasteiger partial charge in [-0.05, 0) is 50.6 Å². The number of halogens is 1. The monoisotopic (exact) mass is 477 g/mol.